The summed E-state index contributed by atoms with van der Waals surface area (Å²) in [6.07, 6.45) is 1.12. The van der Waals surface area contributed by atoms with Crippen LogP contribution in [0.5, 0.6) is 11.5 Å². The van der Waals surface area contributed by atoms with Crippen LogP contribution in [0.3, 0.4) is 0 Å². The predicted molar refractivity (Wildman–Crippen MR) is 116 cm³/mol. The summed E-state index contributed by atoms with van der Waals surface area (Å²) in [6.45, 7) is 8.37. The summed E-state index contributed by atoms with van der Waals surface area (Å²) in [7, 11) is 3.39. The number of para-hydroxylation sites is 1. The molecule has 2 aliphatic rings. The minimum atomic E-state index is 0.119. The van der Waals surface area contributed by atoms with Crippen LogP contribution in [0.25, 0.3) is 0 Å². The smallest absolute Gasteiger partial charge is 0.161 e. The second-order valence-electron chi connectivity index (χ2n) is 8.01. The Morgan fingerprint density at radius 1 is 0.931 bits per heavy atom. The maximum absolute atomic E-state index is 6.24. The molecule has 2 atom stereocenters. The van der Waals surface area contributed by atoms with Crippen molar-refractivity contribution in [2.45, 2.75) is 25.4 Å². The zero-order chi connectivity index (χ0) is 20.2. The lowest BCUT2D eigenvalue weighted by Crippen LogP contribution is -2.46. The van der Waals surface area contributed by atoms with Crippen LogP contribution in [0.2, 0.25) is 0 Å². The van der Waals surface area contributed by atoms with E-state index in [1.54, 1.807) is 14.2 Å². The SMILES string of the molecule is COc1cc2c(cc1OC)C(CCN1CCN(c3ccccc3)CC1)OCC2C. The van der Waals surface area contributed by atoms with Crippen LogP contribution in [0, 0.1) is 0 Å². The molecule has 0 radical (unpaired) electrons. The molecule has 4 rings (SSSR count). The number of anilines is 1. The molecule has 1 fully saturated rings. The third-order valence-corrected chi connectivity index (χ3v) is 6.22. The molecule has 0 N–H and O–H groups in total. The normalized spacial score (nSPS) is 22.2. The van der Waals surface area contributed by atoms with Crippen LogP contribution in [-0.4, -0.2) is 58.5 Å². The molecule has 2 heterocycles. The topological polar surface area (TPSA) is 34.2 Å². The first-order valence-electron chi connectivity index (χ1n) is 10.6. The Labute approximate surface area is 174 Å². The van der Waals surface area contributed by atoms with Crippen molar-refractivity contribution >= 4 is 5.69 Å². The molecule has 156 valence electrons. The van der Waals surface area contributed by atoms with Crippen molar-refractivity contribution in [2.24, 2.45) is 0 Å². The molecule has 0 aromatic heterocycles. The second kappa shape index (κ2) is 9.06. The Kier molecular flexibility index (Phi) is 6.26. The first-order chi connectivity index (χ1) is 14.2. The van der Waals surface area contributed by atoms with E-state index in [-0.39, 0.29) is 6.10 Å². The van der Waals surface area contributed by atoms with Gasteiger partial charge in [-0.3, -0.25) is 4.90 Å². The summed E-state index contributed by atoms with van der Waals surface area (Å²) in [5, 5.41) is 0. The maximum Gasteiger partial charge on any atom is 0.161 e. The molecule has 2 aliphatic heterocycles. The molecule has 2 aromatic rings. The average Bonchev–Trinajstić information content (AvgIpc) is 2.79. The van der Waals surface area contributed by atoms with Gasteiger partial charge in [-0.2, -0.15) is 0 Å². The van der Waals surface area contributed by atoms with Crippen molar-refractivity contribution in [1.29, 1.82) is 0 Å². The fraction of sp³-hybridized carbons (Fsp3) is 0.500. The maximum atomic E-state index is 6.24. The van der Waals surface area contributed by atoms with Gasteiger partial charge in [0.25, 0.3) is 0 Å². The largest absolute Gasteiger partial charge is 0.493 e. The number of hydrogen-bond acceptors (Lipinski definition) is 5. The van der Waals surface area contributed by atoms with Crippen molar-refractivity contribution in [2.75, 3.05) is 58.5 Å². The van der Waals surface area contributed by atoms with Gasteiger partial charge in [0, 0.05) is 44.3 Å². The van der Waals surface area contributed by atoms with Gasteiger partial charge in [-0.05, 0) is 41.8 Å². The Balaban J connectivity index is 1.38. The zero-order valence-electron chi connectivity index (χ0n) is 17.8. The molecule has 0 saturated carbocycles. The van der Waals surface area contributed by atoms with Gasteiger partial charge >= 0.3 is 0 Å². The molecule has 2 aromatic carbocycles. The van der Waals surface area contributed by atoms with Gasteiger partial charge in [0.1, 0.15) is 0 Å². The number of hydrogen-bond donors (Lipinski definition) is 0. The van der Waals surface area contributed by atoms with E-state index < -0.39 is 0 Å². The Hall–Kier alpha value is -2.24. The molecule has 2 unspecified atom stereocenters. The molecule has 5 nitrogen and oxygen atoms in total. The predicted octanol–water partition coefficient (Wildman–Crippen LogP) is 4.09. The lowest BCUT2D eigenvalue weighted by molar-refractivity contribution is 0.0180. The van der Waals surface area contributed by atoms with Gasteiger partial charge in [-0.25, -0.2) is 0 Å². The monoisotopic (exact) mass is 396 g/mol. The molecule has 29 heavy (non-hydrogen) atoms. The molecule has 0 aliphatic carbocycles. The second-order valence-corrected chi connectivity index (χ2v) is 8.01. The van der Waals surface area contributed by atoms with Gasteiger partial charge in [0.2, 0.25) is 0 Å². The Bertz CT molecular complexity index is 803. The summed E-state index contributed by atoms with van der Waals surface area (Å²) < 4.78 is 17.3. The summed E-state index contributed by atoms with van der Waals surface area (Å²) in [6, 6.07) is 15.0. The number of methoxy groups -OCH3 is 2. The lowest BCUT2D eigenvalue weighted by Gasteiger charge is -2.37. The van der Waals surface area contributed by atoms with E-state index in [0.29, 0.717) is 5.92 Å². The van der Waals surface area contributed by atoms with Crippen LogP contribution < -0.4 is 14.4 Å². The van der Waals surface area contributed by atoms with E-state index in [0.717, 1.165) is 57.3 Å². The van der Waals surface area contributed by atoms with E-state index in [2.05, 4.69) is 59.2 Å². The fourth-order valence-corrected chi connectivity index (χ4v) is 4.46. The van der Waals surface area contributed by atoms with E-state index in [4.69, 9.17) is 14.2 Å². The van der Waals surface area contributed by atoms with E-state index in [1.165, 1.54) is 16.8 Å². The Morgan fingerprint density at radius 2 is 1.59 bits per heavy atom. The van der Waals surface area contributed by atoms with E-state index in [9.17, 15) is 0 Å². The Morgan fingerprint density at radius 3 is 2.24 bits per heavy atom. The molecular weight excluding hydrogens is 364 g/mol. The third kappa shape index (κ3) is 4.36. The molecule has 0 amide bonds. The number of rotatable bonds is 6. The van der Waals surface area contributed by atoms with E-state index >= 15 is 0 Å². The first kappa shape index (κ1) is 20.0. The van der Waals surface area contributed by atoms with Gasteiger partial charge in [0.05, 0.1) is 26.9 Å². The highest BCUT2D eigenvalue weighted by molar-refractivity contribution is 5.50. The number of fused-ring (bicyclic) bond motifs is 1. The van der Waals surface area contributed by atoms with Crippen molar-refractivity contribution in [3.8, 4) is 11.5 Å². The average molecular weight is 397 g/mol. The van der Waals surface area contributed by atoms with Crippen molar-refractivity contribution < 1.29 is 14.2 Å². The zero-order valence-corrected chi connectivity index (χ0v) is 17.8. The van der Waals surface area contributed by atoms with Crippen LogP contribution >= 0.6 is 0 Å². The standard InChI is InChI=1S/C24H32N2O3/c1-18-17-29-22(21-16-24(28-3)23(27-2)15-20(18)21)9-10-25-11-13-26(14-12-25)19-7-5-4-6-8-19/h4-8,15-16,18,22H,9-14,17H2,1-3H3. The first-order valence-corrected chi connectivity index (χ1v) is 10.6. The summed E-state index contributed by atoms with van der Waals surface area (Å²) >= 11 is 0. The molecule has 0 spiro atoms. The lowest BCUT2D eigenvalue weighted by atomic mass is 9.88. The molecule has 1 saturated heterocycles. The number of ether oxygens (including phenoxy) is 3. The fourth-order valence-electron chi connectivity index (χ4n) is 4.46. The summed E-state index contributed by atoms with van der Waals surface area (Å²) in [5.41, 5.74) is 3.91. The van der Waals surface area contributed by atoms with Crippen molar-refractivity contribution in [3.63, 3.8) is 0 Å². The molecule has 0 bridgehead atoms. The minimum absolute atomic E-state index is 0.119. The van der Waals surface area contributed by atoms with Crippen LogP contribution in [-0.2, 0) is 4.74 Å². The number of piperazine rings is 1. The van der Waals surface area contributed by atoms with Crippen LogP contribution in [0.4, 0.5) is 5.69 Å². The number of benzene rings is 2. The van der Waals surface area contributed by atoms with E-state index in [1.807, 2.05) is 0 Å². The molecular formula is C24H32N2O3. The highest BCUT2D eigenvalue weighted by Crippen LogP contribution is 2.42. The van der Waals surface area contributed by atoms with Gasteiger partial charge < -0.3 is 19.1 Å². The van der Waals surface area contributed by atoms with Crippen molar-refractivity contribution in [3.05, 3.63) is 53.6 Å². The summed E-state index contributed by atoms with van der Waals surface area (Å²) in [4.78, 5) is 5.03. The van der Waals surface area contributed by atoms with Gasteiger partial charge in [0.15, 0.2) is 11.5 Å². The van der Waals surface area contributed by atoms with Gasteiger partial charge in [-0.1, -0.05) is 25.1 Å². The summed E-state index contributed by atoms with van der Waals surface area (Å²) in [5.74, 6) is 1.96. The van der Waals surface area contributed by atoms with Crippen LogP contribution in [0.1, 0.15) is 36.5 Å². The third-order valence-electron chi connectivity index (χ3n) is 6.22. The quantitative estimate of drug-likeness (QED) is 0.735. The van der Waals surface area contributed by atoms with Gasteiger partial charge in [-0.15, -0.1) is 0 Å². The number of nitrogens with zero attached hydrogens (tertiary/aromatic N) is 2. The van der Waals surface area contributed by atoms with Crippen LogP contribution in [0.15, 0.2) is 42.5 Å². The van der Waals surface area contributed by atoms with Crippen molar-refractivity contribution in [1.82, 2.24) is 4.90 Å². The molecule has 5 heteroatoms. The minimum Gasteiger partial charge on any atom is -0.493 e. The highest BCUT2D eigenvalue weighted by atomic mass is 16.5. The highest BCUT2D eigenvalue weighted by Gasteiger charge is 2.28.